The molecule has 0 unspecified atom stereocenters. The molecule has 1 rings (SSSR count). The van der Waals surface area contributed by atoms with Crippen molar-refractivity contribution >= 4 is 21.6 Å². The number of halogens is 1. The van der Waals surface area contributed by atoms with Gasteiger partial charge in [-0.05, 0) is 18.6 Å². The Hall–Kier alpha value is -0.570. The summed E-state index contributed by atoms with van der Waals surface area (Å²) in [5.41, 5.74) is 8.43. The Morgan fingerprint density at radius 1 is 1.70 bits per heavy atom. The van der Waals surface area contributed by atoms with Crippen LogP contribution < -0.4 is 5.73 Å². The van der Waals surface area contributed by atoms with Gasteiger partial charge in [0.1, 0.15) is 0 Å². The molecule has 0 aromatic carbocycles. The van der Waals surface area contributed by atoms with Crippen LogP contribution in [0.4, 0.5) is 5.69 Å². The van der Waals surface area contributed by atoms with Gasteiger partial charge in [0, 0.05) is 5.33 Å². The highest BCUT2D eigenvalue weighted by Gasteiger charge is 1.94. The van der Waals surface area contributed by atoms with E-state index in [0.29, 0.717) is 0 Å². The number of nitrogen functional groups attached to an aromatic ring is 1. The van der Waals surface area contributed by atoms with Gasteiger partial charge >= 0.3 is 0 Å². The highest BCUT2D eigenvalue weighted by atomic mass is 79.9. The maximum Gasteiger partial charge on any atom is 0.0530 e. The molecule has 2 nitrogen and oxygen atoms in total. The lowest BCUT2D eigenvalue weighted by Crippen LogP contribution is -1.93. The van der Waals surface area contributed by atoms with Crippen LogP contribution in [0.2, 0.25) is 0 Å². The minimum absolute atomic E-state index is 0.754. The van der Waals surface area contributed by atoms with Gasteiger partial charge in [-0.3, -0.25) is 4.98 Å². The van der Waals surface area contributed by atoms with E-state index in [9.17, 15) is 0 Å². The Labute approximate surface area is 68.6 Å². The van der Waals surface area contributed by atoms with Gasteiger partial charge in [0.25, 0.3) is 0 Å². The Kier molecular flexibility index (Phi) is 2.27. The van der Waals surface area contributed by atoms with Crippen molar-refractivity contribution in [2.24, 2.45) is 0 Å². The van der Waals surface area contributed by atoms with Gasteiger partial charge in [0.05, 0.1) is 17.6 Å². The predicted molar refractivity (Wildman–Crippen MR) is 46.0 cm³/mol. The number of rotatable bonds is 1. The van der Waals surface area contributed by atoms with E-state index in [4.69, 9.17) is 5.73 Å². The summed E-state index contributed by atoms with van der Waals surface area (Å²) in [6.45, 7) is 1.98. The molecular formula is C7H9BrN2. The Morgan fingerprint density at radius 2 is 2.40 bits per heavy atom. The van der Waals surface area contributed by atoms with Crippen molar-refractivity contribution in [1.29, 1.82) is 0 Å². The van der Waals surface area contributed by atoms with Crippen LogP contribution in [0, 0.1) is 6.92 Å². The molecule has 0 bridgehead atoms. The lowest BCUT2D eigenvalue weighted by Gasteiger charge is -1.99. The minimum atomic E-state index is 0.754. The highest BCUT2D eigenvalue weighted by molar-refractivity contribution is 9.08. The number of hydrogen-bond acceptors (Lipinski definition) is 2. The van der Waals surface area contributed by atoms with Gasteiger partial charge in [-0.2, -0.15) is 0 Å². The Morgan fingerprint density at radius 3 is 2.90 bits per heavy atom. The van der Waals surface area contributed by atoms with E-state index in [0.717, 1.165) is 22.3 Å². The first-order valence-electron chi connectivity index (χ1n) is 3.01. The Bertz CT molecular complexity index is 235. The molecular weight excluding hydrogens is 192 g/mol. The smallest absolute Gasteiger partial charge is 0.0530 e. The molecule has 0 aliphatic rings. The topological polar surface area (TPSA) is 38.9 Å². The summed E-state index contributed by atoms with van der Waals surface area (Å²) in [6.07, 6.45) is 1.69. The second-order valence-corrected chi connectivity index (χ2v) is 2.73. The highest BCUT2D eigenvalue weighted by Crippen LogP contribution is 2.11. The van der Waals surface area contributed by atoms with Crippen molar-refractivity contribution in [3.63, 3.8) is 0 Å². The second kappa shape index (κ2) is 3.01. The summed E-state index contributed by atoms with van der Waals surface area (Å²) in [6, 6.07) is 1.98. The molecule has 1 aromatic heterocycles. The van der Waals surface area contributed by atoms with Gasteiger partial charge in [-0.15, -0.1) is 0 Å². The minimum Gasteiger partial charge on any atom is -0.397 e. The number of aromatic nitrogens is 1. The largest absolute Gasteiger partial charge is 0.397 e. The average Bonchev–Trinajstić information content (AvgIpc) is 1.95. The molecule has 0 spiro atoms. The first-order chi connectivity index (χ1) is 4.74. The maximum atomic E-state index is 5.57. The van der Waals surface area contributed by atoms with Crippen molar-refractivity contribution in [3.8, 4) is 0 Å². The fourth-order valence-electron chi connectivity index (χ4n) is 0.698. The first-order valence-corrected chi connectivity index (χ1v) is 4.13. The van der Waals surface area contributed by atoms with Gasteiger partial charge in [-0.25, -0.2) is 0 Å². The van der Waals surface area contributed by atoms with E-state index in [2.05, 4.69) is 20.9 Å². The first kappa shape index (κ1) is 7.54. The zero-order chi connectivity index (χ0) is 7.56. The summed E-state index contributed by atoms with van der Waals surface area (Å²) in [5.74, 6) is 0. The molecule has 0 saturated heterocycles. The van der Waals surface area contributed by atoms with E-state index in [-0.39, 0.29) is 0 Å². The quantitative estimate of drug-likeness (QED) is 0.704. The van der Waals surface area contributed by atoms with Crippen molar-refractivity contribution < 1.29 is 0 Å². The predicted octanol–water partition coefficient (Wildman–Crippen LogP) is 1.87. The molecule has 0 fully saturated rings. The number of nitrogens with zero attached hydrogens (tertiary/aromatic N) is 1. The maximum absolute atomic E-state index is 5.57. The molecule has 0 amide bonds. The molecule has 1 heterocycles. The number of anilines is 1. The standard InChI is InChI=1S/C7H9BrN2/c1-5-2-6(3-8)10-4-7(5)9/h2,4H,3,9H2,1H3. The third-order valence-electron chi connectivity index (χ3n) is 1.34. The number of nitrogens with two attached hydrogens (primary N) is 1. The molecule has 0 saturated carbocycles. The molecule has 1 aromatic rings. The molecule has 2 N–H and O–H groups in total. The van der Waals surface area contributed by atoms with Crippen LogP contribution in [0.15, 0.2) is 12.3 Å². The molecule has 0 radical (unpaired) electrons. The zero-order valence-electron chi connectivity index (χ0n) is 5.76. The van der Waals surface area contributed by atoms with Crippen LogP contribution in [0.1, 0.15) is 11.3 Å². The lowest BCUT2D eigenvalue weighted by molar-refractivity contribution is 1.17. The van der Waals surface area contributed by atoms with E-state index in [1.54, 1.807) is 6.20 Å². The van der Waals surface area contributed by atoms with Gasteiger partial charge in [0.15, 0.2) is 0 Å². The third-order valence-corrected chi connectivity index (χ3v) is 1.92. The number of pyridine rings is 1. The molecule has 0 atom stereocenters. The summed E-state index contributed by atoms with van der Waals surface area (Å²) >= 11 is 3.31. The van der Waals surface area contributed by atoms with Crippen LogP contribution in [0.5, 0.6) is 0 Å². The molecule has 0 aliphatic carbocycles. The van der Waals surface area contributed by atoms with E-state index in [1.165, 1.54) is 0 Å². The Balaban J connectivity index is 3.04. The van der Waals surface area contributed by atoms with Crippen molar-refractivity contribution in [2.45, 2.75) is 12.3 Å². The van der Waals surface area contributed by atoms with E-state index in [1.807, 2.05) is 13.0 Å². The van der Waals surface area contributed by atoms with Crippen molar-refractivity contribution in [3.05, 3.63) is 23.5 Å². The second-order valence-electron chi connectivity index (χ2n) is 2.17. The molecule has 3 heteroatoms. The summed E-state index contributed by atoms with van der Waals surface area (Å²) in [7, 11) is 0. The number of alkyl halides is 1. The summed E-state index contributed by atoms with van der Waals surface area (Å²) < 4.78 is 0. The van der Waals surface area contributed by atoms with Crippen LogP contribution in [-0.4, -0.2) is 4.98 Å². The number of aryl methyl sites for hydroxylation is 1. The SMILES string of the molecule is Cc1cc(CBr)ncc1N. The van der Waals surface area contributed by atoms with Gasteiger partial charge in [0.2, 0.25) is 0 Å². The van der Waals surface area contributed by atoms with E-state index >= 15 is 0 Å². The zero-order valence-corrected chi connectivity index (χ0v) is 7.35. The number of hydrogen-bond donors (Lipinski definition) is 1. The molecule has 54 valence electrons. The van der Waals surface area contributed by atoms with Crippen LogP contribution >= 0.6 is 15.9 Å². The van der Waals surface area contributed by atoms with Crippen LogP contribution in [0.25, 0.3) is 0 Å². The average molecular weight is 201 g/mol. The monoisotopic (exact) mass is 200 g/mol. The summed E-state index contributed by atoms with van der Waals surface area (Å²) in [5, 5.41) is 0.786. The van der Waals surface area contributed by atoms with Crippen molar-refractivity contribution in [1.82, 2.24) is 4.98 Å². The van der Waals surface area contributed by atoms with E-state index < -0.39 is 0 Å². The van der Waals surface area contributed by atoms with Crippen LogP contribution in [0.3, 0.4) is 0 Å². The van der Waals surface area contributed by atoms with Gasteiger partial charge in [-0.1, -0.05) is 15.9 Å². The summed E-state index contributed by atoms with van der Waals surface area (Å²) in [4.78, 5) is 4.09. The fraction of sp³-hybridized carbons (Fsp3) is 0.286. The molecule has 0 aliphatic heterocycles. The fourth-order valence-corrected chi connectivity index (χ4v) is 1.00. The van der Waals surface area contributed by atoms with Gasteiger partial charge < -0.3 is 5.73 Å². The lowest BCUT2D eigenvalue weighted by atomic mass is 10.2. The van der Waals surface area contributed by atoms with Crippen LogP contribution in [-0.2, 0) is 5.33 Å². The van der Waals surface area contributed by atoms with Crippen molar-refractivity contribution in [2.75, 3.05) is 5.73 Å². The normalized spacial score (nSPS) is 9.80. The third kappa shape index (κ3) is 1.48. The molecule has 10 heavy (non-hydrogen) atoms.